The number of benzene rings is 2. The van der Waals surface area contributed by atoms with Crippen LogP contribution in [0.2, 0.25) is 0 Å². The van der Waals surface area contributed by atoms with Crippen LogP contribution in [-0.2, 0) is 9.53 Å². The molecular weight excluding hydrogens is 370 g/mol. The van der Waals surface area contributed by atoms with Crippen LogP contribution in [0, 0.1) is 0 Å². The number of allylic oxidation sites excluding steroid dienone is 1. The van der Waals surface area contributed by atoms with Gasteiger partial charge in [0, 0.05) is 0 Å². The third kappa shape index (κ3) is 5.25. The van der Waals surface area contributed by atoms with Gasteiger partial charge in [0.2, 0.25) is 0 Å². The first kappa shape index (κ1) is 21.3. The van der Waals surface area contributed by atoms with Crippen molar-refractivity contribution < 1.29 is 27.8 Å². The lowest BCUT2D eigenvalue weighted by atomic mass is 9.51. The van der Waals surface area contributed by atoms with E-state index in [4.69, 9.17) is 4.74 Å². The zero-order chi connectivity index (χ0) is 20.7. The summed E-state index contributed by atoms with van der Waals surface area (Å²) in [6.07, 6.45) is -4.98. The minimum atomic E-state index is -4.98. The summed E-state index contributed by atoms with van der Waals surface area (Å²) < 4.78 is 46.2. The average molecular weight is 389 g/mol. The molecule has 0 aliphatic rings. The molecule has 8 heteroatoms. The highest BCUT2D eigenvalue weighted by Crippen LogP contribution is 2.25. The van der Waals surface area contributed by atoms with E-state index in [2.05, 4.69) is 4.90 Å². The highest BCUT2D eigenvalue weighted by molar-refractivity contribution is 6.84. The summed E-state index contributed by atoms with van der Waals surface area (Å²) in [7, 11) is 0. The third-order valence-corrected chi connectivity index (χ3v) is 3.84. The van der Waals surface area contributed by atoms with Crippen LogP contribution < -0.4 is 10.9 Å². The first-order valence-corrected chi connectivity index (χ1v) is 8.58. The van der Waals surface area contributed by atoms with Gasteiger partial charge < -0.3 is 14.7 Å². The molecule has 0 aliphatic heterocycles. The monoisotopic (exact) mass is 389 g/mol. The SMILES string of the molecule is CCOC(=O)C(/C(=N\B(c1ccccc1)c1ccccc1)C(F)(F)F)=C(\C)O. The zero-order valence-corrected chi connectivity index (χ0v) is 15.4. The summed E-state index contributed by atoms with van der Waals surface area (Å²) in [5.41, 5.74) is -1.46. The number of nitrogens with zero attached hydrogens (tertiary/aromatic N) is 1. The summed E-state index contributed by atoms with van der Waals surface area (Å²) >= 11 is 0. The highest BCUT2D eigenvalue weighted by atomic mass is 19.4. The second-order valence-corrected chi connectivity index (χ2v) is 5.88. The number of esters is 1. The van der Waals surface area contributed by atoms with Gasteiger partial charge >= 0.3 is 19.0 Å². The number of halogens is 3. The molecule has 0 heterocycles. The quantitative estimate of drug-likeness (QED) is 0.272. The fourth-order valence-electron chi connectivity index (χ4n) is 2.64. The molecule has 0 unspecified atom stereocenters. The van der Waals surface area contributed by atoms with Gasteiger partial charge in [-0.3, -0.25) is 0 Å². The molecule has 0 aromatic heterocycles. The average Bonchev–Trinajstić information content (AvgIpc) is 2.65. The topological polar surface area (TPSA) is 58.9 Å². The van der Waals surface area contributed by atoms with Crippen molar-refractivity contribution in [1.29, 1.82) is 0 Å². The summed E-state index contributed by atoms with van der Waals surface area (Å²) in [5.74, 6) is -2.09. The largest absolute Gasteiger partial charge is 0.512 e. The molecule has 0 radical (unpaired) electrons. The Morgan fingerprint density at radius 2 is 1.50 bits per heavy atom. The van der Waals surface area contributed by atoms with Crippen molar-refractivity contribution in [2.75, 3.05) is 6.61 Å². The van der Waals surface area contributed by atoms with E-state index in [1.807, 2.05) is 0 Å². The van der Waals surface area contributed by atoms with E-state index in [-0.39, 0.29) is 6.61 Å². The maximum atomic E-state index is 13.8. The molecule has 0 atom stereocenters. The van der Waals surface area contributed by atoms with Crippen molar-refractivity contribution in [2.45, 2.75) is 20.0 Å². The Morgan fingerprint density at radius 3 is 1.86 bits per heavy atom. The van der Waals surface area contributed by atoms with E-state index in [1.165, 1.54) is 6.92 Å². The van der Waals surface area contributed by atoms with Gasteiger partial charge in [-0.25, -0.2) is 4.79 Å². The van der Waals surface area contributed by atoms with E-state index < -0.39 is 36.0 Å². The van der Waals surface area contributed by atoms with E-state index in [9.17, 15) is 23.1 Å². The minimum Gasteiger partial charge on any atom is -0.512 e. The van der Waals surface area contributed by atoms with Gasteiger partial charge in [-0.1, -0.05) is 60.7 Å². The number of aliphatic hydroxyl groups excluding tert-OH is 1. The molecule has 0 saturated heterocycles. The Hall–Kier alpha value is -3.03. The molecule has 28 heavy (non-hydrogen) atoms. The number of rotatable bonds is 6. The van der Waals surface area contributed by atoms with Crippen molar-refractivity contribution in [3.8, 4) is 0 Å². The number of carbonyl (C=O) groups is 1. The molecule has 146 valence electrons. The fraction of sp³-hybridized carbons (Fsp3) is 0.200. The summed E-state index contributed by atoms with van der Waals surface area (Å²) in [5, 5.41) is 9.79. The van der Waals surface area contributed by atoms with Crippen LogP contribution in [0.25, 0.3) is 0 Å². The third-order valence-electron chi connectivity index (χ3n) is 3.84. The molecule has 0 bridgehead atoms. The van der Waals surface area contributed by atoms with Crippen molar-refractivity contribution in [1.82, 2.24) is 0 Å². The van der Waals surface area contributed by atoms with E-state index >= 15 is 0 Å². The molecule has 4 nitrogen and oxygen atoms in total. The first-order chi connectivity index (χ1) is 13.3. The maximum Gasteiger partial charge on any atom is 0.432 e. The number of hydrogen-bond acceptors (Lipinski definition) is 4. The Labute approximate surface area is 161 Å². The van der Waals surface area contributed by atoms with Gasteiger partial charge in [-0.2, -0.15) is 13.2 Å². The second-order valence-electron chi connectivity index (χ2n) is 5.88. The number of aliphatic hydroxyl groups is 1. The molecule has 0 aliphatic carbocycles. The molecule has 0 fully saturated rings. The highest BCUT2D eigenvalue weighted by Gasteiger charge is 2.43. The molecule has 0 spiro atoms. The van der Waals surface area contributed by atoms with Gasteiger partial charge in [0.1, 0.15) is 17.0 Å². The number of ether oxygens (including phenoxy) is 1. The molecular formula is C20H19BF3NO3. The van der Waals surface area contributed by atoms with Gasteiger partial charge in [0.15, 0.2) is 0 Å². The Balaban J connectivity index is 2.71. The predicted molar refractivity (Wildman–Crippen MR) is 103 cm³/mol. The number of carbonyl (C=O) groups excluding carboxylic acids is 1. The Kier molecular flexibility index (Phi) is 7.03. The molecule has 2 rings (SSSR count). The number of hydrogen-bond donors (Lipinski definition) is 1. The van der Waals surface area contributed by atoms with Crippen molar-refractivity contribution in [2.24, 2.45) is 4.90 Å². The van der Waals surface area contributed by atoms with E-state index in [0.29, 0.717) is 10.9 Å². The Morgan fingerprint density at radius 1 is 1.04 bits per heavy atom. The van der Waals surface area contributed by atoms with Crippen molar-refractivity contribution in [3.05, 3.63) is 72.0 Å². The van der Waals surface area contributed by atoms with Crippen LogP contribution in [0.3, 0.4) is 0 Å². The van der Waals surface area contributed by atoms with Crippen LogP contribution in [0.1, 0.15) is 13.8 Å². The molecule has 2 aromatic carbocycles. The maximum absolute atomic E-state index is 13.8. The van der Waals surface area contributed by atoms with Crippen LogP contribution in [0.4, 0.5) is 13.2 Å². The second kappa shape index (κ2) is 9.26. The predicted octanol–water partition coefficient (Wildman–Crippen LogP) is 3.19. The van der Waals surface area contributed by atoms with Crippen LogP contribution in [0.5, 0.6) is 0 Å². The van der Waals surface area contributed by atoms with Crippen LogP contribution in [-0.4, -0.2) is 36.4 Å². The van der Waals surface area contributed by atoms with Crippen LogP contribution >= 0.6 is 0 Å². The normalized spacial score (nSPS) is 13.0. The summed E-state index contributed by atoms with van der Waals surface area (Å²) in [4.78, 5) is 16.0. The summed E-state index contributed by atoms with van der Waals surface area (Å²) in [6.45, 7) is 1.29. The zero-order valence-electron chi connectivity index (χ0n) is 15.4. The first-order valence-electron chi connectivity index (χ1n) is 8.58. The molecule has 1 N–H and O–H groups in total. The lowest BCUT2D eigenvalue weighted by Gasteiger charge is -2.18. The standard InChI is InChI=1S/C20H19BF3NO3/c1-3-28-19(27)17(14(2)26)18(20(22,23)24)25-21(15-10-6-4-7-11-15)16-12-8-5-9-13-16/h4-13,26H,3H2,1-2H3/b17-14+,25-18+. The lowest BCUT2D eigenvalue weighted by Crippen LogP contribution is -2.44. The van der Waals surface area contributed by atoms with Gasteiger partial charge in [0.25, 0.3) is 0 Å². The molecule has 0 saturated carbocycles. The summed E-state index contributed by atoms with van der Waals surface area (Å²) in [6, 6.07) is 16.8. The smallest absolute Gasteiger partial charge is 0.432 e. The van der Waals surface area contributed by atoms with Gasteiger partial charge in [0.05, 0.1) is 6.61 Å². The molecule has 2 aromatic rings. The van der Waals surface area contributed by atoms with Crippen molar-refractivity contribution >= 4 is 29.5 Å². The van der Waals surface area contributed by atoms with Crippen LogP contribution in [0.15, 0.2) is 76.9 Å². The minimum absolute atomic E-state index is 0.137. The lowest BCUT2D eigenvalue weighted by molar-refractivity contribution is -0.138. The Bertz CT molecular complexity index is 822. The van der Waals surface area contributed by atoms with Gasteiger partial charge in [-0.05, 0) is 24.8 Å². The van der Waals surface area contributed by atoms with Crippen molar-refractivity contribution in [3.63, 3.8) is 0 Å². The van der Waals surface area contributed by atoms with E-state index in [1.54, 1.807) is 60.7 Å². The molecule has 0 amide bonds. The fourth-order valence-corrected chi connectivity index (χ4v) is 2.64. The van der Waals surface area contributed by atoms with E-state index in [0.717, 1.165) is 6.92 Å². The number of alkyl halides is 3. The van der Waals surface area contributed by atoms with Gasteiger partial charge in [-0.15, -0.1) is 0 Å².